The lowest BCUT2D eigenvalue weighted by Crippen LogP contribution is -2.05. The van der Waals surface area contributed by atoms with Gasteiger partial charge < -0.3 is 9.30 Å². The van der Waals surface area contributed by atoms with Crippen LogP contribution < -0.4 is 4.74 Å². The van der Waals surface area contributed by atoms with Crippen molar-refractivity contribution >= 4 is 10.9 Å². The number of ether oxygens (including phenoxy) is 1. The minimum Gasteiger partial charge on any atom is -0.487 e. The summed E-state index contributed by atoms with van der Waals surface area (Å²) in [6.45, 7) is 2.33. The van der Waals surface area contributed by atoms with Crippen LogP contribution in [0.4, 0.5) is 13.2 Å². The van der Waals surface area contributed by atoms with Crippen LogP contribution in [0.3, 0.4) is 0 Å². The van der Waals surface area contributed by atoms with E-state index in [2.05, 4.69) is 6.07 Å². The summed E-state index contributed by atoms with van der Waals surface area (Å²) in [5, 5.41) is 1.12. The monoisotopic (exact) mass is 319 g/mol. The zero-order chi connectivity index (χ0) is 16.6. The van der Waals surface area contributed by atoms with Crippen molar-refractivity contribution < 1.29 is 17.9 Å². The first-order valence-electron chi connectivity index (χ1n) is 7.19. The van der Waals surface area contributed by atoms with Crippen molar-refractivity contribution in [2.45, 2.75) is 19.7 Å². The summed E-state index contributed by atoms with van der Waals surface area (Å²) in [5.74, 6) is 0.416. The molecule has 0 bridgehead atoms. The Bertz CT molecular complexity index is 832. The first kappa shape index (κ1) is 15.5. The second kappa shape index (κ2) is 5.65. The minimum atomic E-state index is -4.33. The summed E-state index contributed by atoms with van der Waals surface area (Å²) in [4.78, 5) is 0. The number of nitrogens with zero attached hydrogens (tertiary/aromatic N) is 1. The molecule has 0 N–H and O–H groups in total. The molecule has 0 spiro atoms. The third kappa shape index (κ3) is 3.18. The quantitative estimate of drug-likeness (QED) is 0.656. The number of hydrogen-bond acceptors (Lipinski definition) is 1. The molecule has 0 fully saturated rings. The van der Waals surface area contributed by atoms with Crippen LogP contribution in [-0.4, -0.2) is 4.57 Å². The number of benzene rings is 2. The topological polar surface area (TPSA) is 14.2 Å². The molecule has 0 aliphatic rings. The van der Waals surface area contributed by atoms with E-state index in [9.17, 15) is 13.2 Å². The maximum atomic E-state index is 12.5. The molecule has 2 aromatic carbocycles. The Hall–Kier alpha value is -2.43. The number of aryl methyl sites for hydroxylation is 2. The van der Waals surface area contributed by atoms with Crippen LogP contribution in [0, 0.1) is 6.92 Å². The van der Waals surface area contributed by atoms with Crippen LogP contribution in [0.1, 0.15) is 16.8 Å². The summed E-state index contributed by atoms with van der Waals surface area (Å²) in [6.07, 6.45) is -4.33. The molecule has 0 atom stereocenters. The Labute approximate surface area is 132 Å². The summed E-state index contributed by atoms with van der Waals surface area (Å²) in [5.41, 5.74) is 2.57. The highest BCUT2D eigenvalue weighted by Crippen LogP contribution is 2.30. The summed E-state index contributed by atoms with van der Waals surface area (Å²) >= 11 is 0. The van der Waals surface area contributed by atoms with Crippen LogP contribution in [0.2, 0.25) is 0 Å². The Morgan fingerprint density at radius 1 is 1.00 bits per heavy atom. The van der Waals surface area contributed by atoms with Gasteiger partial charge in [0.05, 0.1) is 11.3 Å². The molecule has 2 nitrogen and oxygen atoms in total. The largest absolute Gasteiger partial charge is 0.487 e. The SMILES string of the molecule is Cc1ccc2c(c1)cc(COc1ccc(C(F)(F)F)cc1)n2C. The predicted octanol–water partition coefficient (Wildman–Crippen LogP) is 5.08. The first-order chi connectivity index (χ1) is 10.8. The van der Waals surface area contributed by atoms with Crippen molar-refractivity contribution in [3.05, 3.63) is 65.4 Å². The predicted molar refractivity (Wildman–Crippen MR) is 83.4 cm³/mol. The molecule has 5 heteroatoms. The highest BCUT2D eigenvalue weighted by molar-refractivity contribution is 5.82. The van der Waals surface area contributed by atoms with E-state index in [1.807, 2.05) is 36.7 Å². The van der Waals surface area contributed by atoms with Gasteiger partial charge in [0.1, 0.15) is 12.4 Å². The van der Waals surface area contributed by atoms with Crippen molar-refractivity contribution in [2.75, 3.05) is 0 Å². The van der Waals surface area contributed by atoms with E-state index in [0.717, 1.165) is 28.7 Å². The first-order valence-corrected chi connectivity index (χ1v) is 7.19. The number of halogens is 3. The number of fused-ring (bicyclic) bond motifs is 1. The second-order valence-electron chi connectivity index (χ2n) is 5.57. The standard InChI is InChI=1S/C18H16F3NO/c1-12-3-8-17-13(9-12)10-15(22(17)2)11-23-16-6-4-14(5-7-16)18(19,20)21/h3-10H,11H2,1-2H3. The van der Waals surface area contributed by atoms with Crippen LogP contribution in [0.25, 0.3) is 10.9 Å². The molecule has 0 aliphatic carbocycles. The molecule has 0 radical (unpaired) electrons. The van der Waals surface area contributed by atoms with Gasteiger partial charge in [-0.1, -0.05) is 11.6 Å². The molecule has 3 aromatic rings. The lowest BCUT2D eigenvalue weighted by molar-refractivity contribution is -0.137. The zero-order valence-electron chi connectivity index (χ0n) is 12.8. The Balaban J connectivity index is 1.77. The Morgan fingerprint density at radius 2 is 1.70 bits per heavy atom. The number of hydrogen-bond donors (Lipinski definition) is 0. The number of aromatic nitrogens is 1. The highest BCUT2D eigenvalue weighted by atomic mass is 19.4. The lowest BCUT2D eigenvalue weighted by Gasteiger charge is -2.10. The normalized spacial score (nSPS) is 11.9. The Kier molecular flexibility index (Phi) is 3.80. The van der Waals surface area contributed by atoms with Crippen LogP contribution in [-0.2, 0) is 19.8 Å². The van der Waals surface area contributed by atoms with Gasteiger partial charge in [-0.15, -0.1) is 0 Å². The zero-order valence-corrected chi connectivity index (χ0v) is 12.8. The van der Waals surface area contributed by atoms with Crippen molar-refractivity contribution in [1.29, 1.82) is 0 Å². The van der Waals surface area contributed by atoms with Gasteiger partial charge in [-0.05, 0) is 49.4 Å². The van der Waals surface area contributed by atoms with Crippen molar-refractivity contribution in [3.63, 3.8) is 0 Å². The van der Waals surface area contributed by atoms with Gasteiger partial charge in [0.25, 0.3) is 0 Å². The van der Waals surface area contributed by atoms with Gasteiger partial charge >= 0.3 is 6.18 Å². The maximum Gasteiger partial charge on any atom is 0.416 e. The van der Waals surface area contributed by atoms with Gasteiger partial charge in [0, 0.05) is 18.0 Å². The maximum absolute atomic E-state index is 12.5. The van der Waals surface area contributed by atoms with Crippen LogP contribution in [0.15, 0.2) is 48.5 Å². The molecule has 3 rings (SSSR count). The van der Waals surface area contributed by atoms with E-state index in [-0.39, 0.29) is 0 Å². The molecule has 1 aromatic heterocycles. The van der Waals surface area contributed by atoms with E-state index in [0.29, 0.717) is 12.4 Å². The van der Waals surface area contributed by atoms with Crippen molar-refractivity contribution in [3.8, 4) is 5.75 Å². The van der Waals surface area contributed by atoms with Crippen molar-refractivity contribution in [2.24, 2.45) is 7.05 Å². The van der Waals surface area contributed by atoms with Crippen molar-refractivity contribution in [1.82, 2.24) is 4.57 Å². The van der Waals surface area contributed by atoms with E-state index >= 15 is 0 Å². The average Bonchev–Trinajstić information content (AvgIpc) is 2.80. The molecule has 0 amide bonds. The summed E-state index contributed by atoms with van der Waals surface area (Å²) < 4.78 is 45.2. The molecule has 1 heterocycles. The fourth-order valence-electron chi connectivity index (χ4n) is 2.56. The van der Waals surface area contributed by atoms with Crippen LogP contribution >= 0.6 is 0 Å². The van der Waals surface area contributed by atoms with Gasteiger partial charge in [-0.2, -0.15) is 13.2 Å². The molecule has 23 heavy (non-hydrogen) atoms. The van der Waals surface area contributed by atoms with Crippen LogP contribution in [0.5, 0.6) is 5.75 Å². The van der Waals surface area contributed by atoms with Gasteiger partial charge in [-0.3, -0.25) is 0 Å². The minimum absolute atomic E-state index is 0.301. The molecule has 0 saturated heterocycles. The van der Waals surface area contributed by atoms with E-state index in [1.54, 1.807) is 0 Å². The number of alkyl halides is 3. The average molecular weight is 319 g/mol. The summed E-state index contributed by atoms with van der Waals surface area (Å²) in [6, 6.07) is 13.0. The van der Waals surface area contributed by atoms with Gasteiger partial charge in [0.2, 0.25) is 0 Å². The fraction of sp³-hybridized carbons (Fsp3) is 0.222. The Morgan fingerprint density at radius 3 is 2.35 bits per heavy atom. The summed E-state index contributed by atoms with van der Waals surface area (Å²) in [7, 11) is 1.95. The smallest absolute Gasteiger partial charge is 0.416 e. The molecule has 0 saturated carbocycles. The lowest BCUT2D eigenvalue weighted by atomic mass is 10.2. The molecule has 0 unspecified atom stereocenters. The number of rotatable bonds is 3. The van der Waals surface area contributed by atoms with E-state index in [1.165, 1.54) is 17.7 Å². The molecular weight excluding hydrogens is 303 g/mol. The van der Waals surface area contributed by atoms with Gasteiger partial charge in [-0.25, -0.2) is 0 Å². The molecule has 120 valence electrons. The molecule has 0 aliphatic heterocycles. The third-order valence-corrected chi connectivity index (χ3v) is 3.87. The fourth-order valence-corrected chi connectivity index (χ4v) is 2.56. The van der Waals surface area contributed by atoms with E-state index in [4.69, 9.17) is 4.74 Å². The second-order valence-corrected chi connectivity index (χ2v) is 5.57. The molecular formula is C18H16F3NO. The third-order valence-electron chi connectivity index (χ3n) is 3.87. The highest BCUT2D eigenvalue weighted by Gasteiger charge is 2.30. The van der Waals surface area contributed by atoms with Gasteiger partial charge in [0.15, 0.2) is 0 Å². The van der Waals surface area contributed by atoms with E-state index < -0.39 is 11.7 Å².